The van der Waals surface area contributed by atoms with E-state index >= 15 is 0 Å². The quantitative estimate of drug-likeness (QED) is 0.871. The molecule has 0 spiro atoms. The fraction of sp³-hybridized carbons (Fsp3) is 0.591. The minimum atomic E-state index is 0.295. The van der Waals surface area contributed by atoms with Crippen LogP contribution in [0, 0.1) is 5.92 Å². The number of hydrazine groups is 1. The van der Waals surface area contributed by atoms with Gasteiger partial charge in [0, 0.05) is 37.3 Å². The molecule has 0 radical (unpaired) electrons. The lowest BCUT2D eigenvalue weighted by molar-refractivity contribution is 0.0970. The average Bonchev–Trinajstić information content (AvgIpc) is 3.25. The smallest absolute Gasteiger partial charge is 0.128 e. The molecule has 144 valence electrons. The van der Waals surface area contributed by atoms with Crippen molar-refractivity contribution in [3.05, 3.63) is 41.9 Å². The van der Waals surface area contributed by atoms with Crippen molar-refractivity contribution in [1.82, 2.24) is 25.3 Å². The summed E-state index contributed by atoms with van der Waals surface area (Å²) in [4.78, 5) is 7.90. The molecule has 2 unspecified atom stereocenters. The van der Waals surface area contributed by atoms with E-state index in [4.69, 9.17) is 4.98 Å². The highest BCUT2D eigenvalue weighted by Gasteiger charge is 2.35. The molecule has 1 aromatic carbocycles. The van der Waals surface area contributed by atoms with Crippen molar-refractivity contribution in [3.63, 3.8) is 0 Å². The van der Waals surface area contributed by atoms with Crippen LogP contribution in [-0.4, -0.2) is 33.1 Å². The van der Waals surface area contributed by atoms with E-state index in [0.717, 1.165) is 32.1 Å². The molecule has 5 nitrogen and oxygen atoms in total. The van der Waals surface area contributed by atoms with Crippen LogP contribution in [0.2, 0.25) is 0 Å². The topological polar surface area (TPSA) is 45.1 Å². The lowest BCUT2D eigenvalue weighted by Gasteiger charge is -2.40. The predicted molar refractivity (Wildman–Crippen MR) is 108 cm³/mol. The summed E-state index contributed by atoms with van der Waals surface area (Å²) in [5.74, 6) is 1.84. The van der Waals surface area contributed by atoms with Gasteiger partial charge in [-0.25, -0.2) is 10.4 Å². The second-order valence-electron chi connectivity index (χ2n) is 8.77. The van der Waals surface area contributed by atoms with Crippen LogP contribution in [-0.2, 0) is 13.1 Å². The second-order valence-corrected chi connectivity index (χ2v) is 8.77. The Hall–Kier alpha value is -1.69. The minimum absolute atomic E-state index is 0.295. The van der Waals surface area contributed by atoms with Crippen molar-refractivity contribution in [1.29, 1.82) is 0 Å². The molecular formula is C22H31N5. The van der Waals surface area contributed by atoms with Crippen molar-refractivity contribution >= 4 is 0 Å². The van der Waals surface area contributed by atoms with Gasteiger partial charge in [-0.1, -0.05) is 50.6 Å². The fourth-order valence-corrected chi connectivity index (χ4v) is 4.76. The van der Waals surface area contributed by atoms with Crippen LogP contribution in [0.15, 0.2) is 30.3 Å². The van der Waals surface area contributed by atoms with E-state index in [-0.39, 0.29) is 0 Å². The Morgan fingerprint density at radius 1 is 1.07 bits per heavy atom. The second kappa shape index (κ2) is 7.04. The zero-order valence-corrected chi connectivity index (χ0v) is 16.5. The van der Waals surface area contributed by atoms with Crippen molar-refractivity contribution in [3.8, 4) is 11.3 Å². The summed E-state index contributed by atoms with van der Waals surface area (Å²) in [6, 6.07) is 12.3. The summed E-state index contributed by atoms with van der Waals surface area (Å²) < 4.78 is 2.51. The number of benzene rings is 1. The molecule has 0 amide bonds. The van der Waals surface area contributed by atoms with E-state index in [0.29, 0.717) is 18.0 Å². The minimum Gasteiger partial charge on any atom is -0.328 e. The number of hydrogen-bond acceptors (Lipinski definition) is 4. The third kappa shape index (κ3) is 3.12. The first-order valence-corrected chi connectivity index (χ1v) is 10.6. The Morgan fingerprint density at radius 3 is 2.56 bits per heavy atom. The highest BCUT2D eigenvalue weighted by molar-refractivity contribution is 5.62. The van der Waals surface area contributed by atoms with E-state index in [2.05, 4.69) is 64.5 Å². The first kappa shape index (κ1) is 17.4. The Morgan fingerprint density at radius 2 is 1.89 bits per heavy atom. The van der Waals surface area contributed by atoms with E-state index in [9.17, 15) is 0 Å². The van der Waals surface area contributed by atoms with Gasteiger partial charge < -0.3 is 4.57 Å². The maximum absolute atomic E-state index is 5.21. The Labute approximate surface area is 162 Å². The molecule has 5 heteroatoms. The maximum Gasteiger partial charge on any atom is 0.128 e. The molecule has 3 aliphatic rings. The van der Waals surface area contributed by atoms with E-state index < -0.39 is 0 Å². The zero-order valence-electron chi connectivity index (χ0n) is 16.5. The Kier molecular flexibility index (Phi) is 4.54. The average molecular weight is 366 g/mol. The van der Waals surface area contributed by atoms with Gasteiger partial charge in [-0.2, -0.15) is 0 Å². The van der Waals surface area contributed by atoms with E-state index in [1.54, 1.807) is 0 Å². The highest BCUT2D eigenvalue weighted by Crippen LogP contribution is 2.35. The molecule has 2 N–H and O–H groups in total. The molecule has 2 aromatic rings. The normalized spacial score (nSPS) is 26.3. The fourth-order valence-electron chi connectivity index (χ4n) is 4.76. The molecular weight excluding hydrogens is 334 g/mol. The largest absolute Gasteiger partial charge is 0.328 e. The summed E-state index contributed by atoms with van der Waals surface area (Å²) in [6.45, 7) is 7.83. The number of aromatic nitrogens is 2. The van der Waals surface area contributed by atoms with Crippen LogP contribution < -0.4 is 10.9 Å². The predicted octanol–water partition coefficient (Wildman–Crippen LogP) is 3.48. The van der Waals surface area contributed by atoms with Crippen molar-refractivity contribution < 1.29 is 0 Å². The van der Waals surface area contributed by atoms with Crippen LogP contribution in [0.25, 0.3) is 11.3 Å². The molecule has 1 saturated heterocycles. The van der Waals surface area contributed by atoms with Crippen LogP contribution in [0.3, 0.4) is 0 Å². The maximum atomic E-state index is 5.21. The summed E-state index contributed by atoms with van der Waals surface area (Å²) in [6.07, 6.45) is 5.23. The summed E-state index contributed by atoms with van der Waals surface area (Å²) in [5, 5.41) is 0. The van der Waals surface area contributed by atoms with E-state index in [1.807, 2.05) is 0 Å². The lowest BCUT2D eigenvalue weighted by Crippen LogP contribution is -2.45. The Bertz CT molecular complexity index is 793. The van der Waals surface area contributed by atoms with Gasteiger partial charge in [0.25, 0.3) is 0 Å². The van der Waals surface area contributed by atoms with Gasteiger partial charge >= 0.3 is 0 Å². The van der Waals surface area contributed by atoms with Gasteiger partial charge in [0.05, 0.1) is 17.4 Å². The van der Waals surface area contributed by atoms with Gasteiger partial charge in [-0.05, 0) is 25.2 Å². The van der Waals surface area contributed by atoms with Crippen LogP contribution in [0.5, 0.6) is 0 Å². The molecule has 2 atom stereocenters. The number of fused-ring (bicyclic) bond motifs is 1. The monoisotopic (exact) mass is 365 g/mol. The summed E-state index contributed by atoms with van der Waals surface area (Å²) >= 11 is 0. The molecule has 1 saturated carbocycles. The molecule has 2 fully saturated rings. The Balaban J connectivity index is 1.51. The first-order valence-electron chi connectivity index (χ1n) is 10.6. The number of nitrogens with zero attached hydrogens (tertiary/aromatic N) is 3. The van der Waals surface area contributed by atoms with Crippen LogP contribution >= 0.6 is 0 Å². The highest BCUT2D eigenvalue weighted by atomic mass is 15.4. The van der Waals surface area contributed by atoms with Crippen molar-refractivity contribution in [2.75, 3.05) is 6.54 Å². The number of rotatable bonds is 4. The van der Waals surface area contributed by atoms with Gasteiger partial charge in [0.1, 0.15) is 5.82 Å². The molecule has 27 heavy (non-hydrogen) atoms. The van der Waals surface area contributed by atoms with Crippen LogP contribution in [0.1, 0.15) is 57.1 Å². The van der Waals surface area contributed by atoms with Crippen LogP contribution in [0.4, 0.5) is 0 Å². The van der Waals surface area contributed by atoms with Gasteiger partial charge in [0.2, 0.25) is 0 Å². The van der Waals surface area contributed by atoms with Gasteiger partial charge in [-0.3, -0.25) is 10.3 Å². The number of nitrogens with one attached hydrogen (secondary N) is 2. The third-order valence-corrected chi connectivity index (χ3v) is 6.75. The number of imidazole rings is 1. The first-order chi connectivity index (χ1) is 13.2. The lowest BCUT2D eigenvalue weighted by atomic mass is 9.91. The van der Waals surface area contributed by atoms with Gasteiger partial charge in [0.15, 0.2) is 0 Å². The third-order valence-electron chi connectivity index (χ3n) is 6.75. The molecule has 5 rings (SSSR count). The molecule has 0 bridgehead atoms. The SMILES string of the molecule is CC(C)C1CC(c2nc(-c3ccccc3)c3n2CCN(C2CCC2)C3)NN1. The molecule has 1 aromatic heterocycles. The molecule has 3 heterocycles. The van der Waals surface area contributed by atoms with Crippen molar-refractivity contribution in [2.24, 2.45) is 5.92 Å². The standard InChI is InChI=1S/C22H31N5/c1-15(2)18-13-19(25-24-18)22-23-21(16-7-4-3-5-8-16)20-14-26(11-12-27(20)22)17-9-6-10-17/h3-5,7-8,15,17-19,24-25H,6,9-14H2,1-2H3. The summed E-state index contributed by atoms with van der Waals surface area (Å²) in [5.41, 5.74) is 10.9. The summed E-state index contributed by atoms with van der Waals surface area (Å²) in [7, 11) is 0. The zero-order chi connectivity index (χ0) is 18.4. The van der Waals surface area contributed by atoms with Gasteiger partial charge in [-0.15, -0.1) is 0 Å². The number of hydrogen-bond donors (Lipinski definition) is 2. The molecule has 2 aliphatic heterocycles. The van der Waals surface area contributed by atoms with E-state index in [1.165, 1.54) is 42.0 Å². The molecule has 1 aliphatic carbocycles. The van der Waals surface area contributed by atoms with Crippen molar-refractivity contribution in [2.45, 2.75) is 70.7 Å².